The molecule has 13 heavy (non-hydrogen) atoms. The van der Waals surface area contributed by atoms with Crippen LogP contribution < -0.4 is 5.73 Å². The molecule has 0 radical (unpaired) electrons. The van der Waals surface area contributed by atoms with E-state index < -0.39 is 0 Å². The largest absolute Gasteiger partial charge is 0.330 e. The van der Waals surface area contributed by atoms with E-state index >= 15 is 0 Å². The monoisotopic (exact) mass is 181 g/mol. The first-order valence-corrected chi connectivity index (χ1v) is 4.44. The molecule has 0 bridgehead atoms. The van der Waals surface area contributed by atoms with Crippen molar-refractivity contribution in [2.24, 2.45) is 5.73 Å². The zero-order valence-electron chi connectivity index (χ0n) is 8.39. The Morgan fingerprint density at radius 1 is 1.38 bits per heavy atom. The lowest BCUT2D eigenvalue weighted by molar-refractivity contribution is 0.489. The second-order valence-corrected chi connectivity index (χ2v) is 4.02. The fraction of sp³-hybridized carbons (Fsp3) is 0.455. The Kier molecular flexibility index (Phi) is 2.71. The van der Waals surface area contributed by atoms with Crippen LogP contribution in [0, 0.1) is 12.7 Å². The van der Waals surface area contributed by atoms with Crippen LogP contribution in [0.25, 0.3) is 0 Å². The van der Waals surface area contributed by atoms with Crippen molar-refractivity contribution in [3.63, 3.8) is 0 Å². The van der Waals surface area contributed by atoms with E-state index in [1.54, 1.807) is 6.07 Å². The van der Waals surface area contributed by atoms with Gasteiger partial charge in [-0.15, -0.1) is 0 Å². The number of halogens is 1. The SMILES string of the molecule is Cc1cccc(F)c1C(C)(C)CN. The molecular weight excluding hydrogens is 165 g/mol. The zero-order chi connectivity index (χ0) is 10.1. The summed E-state index contributed by atoms with van der Waals surface area (Å²) in [6.07, 6.45) is 0. The maximum atomic E-state index is 13.5. The minimum Gasteiger partial charge on any atom is -0.330 e. The van der Waals surface area contributed by atoms with Crippen LogP contribution in [0.1, 0.15) is 25.0 Å². The molecule has 0 atom stereocenters. The van der Waals surface area contributed by atoms with Gasteiger partial charge in [0.05, 0.1) is 0 Å². The summed E-state index contributed by atoms with van der Waals surface area (Å²) in [5.41, 5.74) is 7.03. The van der Waals surface area contributed by atoms with Gasteiger partial charge >= 0.3 is 0 Å². The van der Waals surface area contributed by atoms with Crippen molar-refractivity contribution in [2.45, 2.75) is 26.2 Å². The lowest BCUT2D eigenvalue weighted by Gasteiger charge is -2.25. The lowest BCUT2D eigenvalue weighted by atomic mass is 9.82. The first-order valence-electron chi connectivity index (χ1n) is 4.44. The van der Waals surface area contributed by atoms with Gasteiger partial charge in [-0.2, -0.15) is 0 Å². The van der Waals surface area contributed by atoms with Crippen LogP contribution in [0.5, 0.6) is 0 Å². The van der Waals surface area contributed by atoms with Crippen LogP contribution in [0.4, 0.5) is 4.39 Å². The number of rotatable bonds is 2. The van der Waals surface area contributed by atoms with Crippen molar-refractivity contribution >= 4 is 0 Å². The van der Waals surface area contributed by atoms with Gasteiger partial charge in [0, 0.05) is 12.0 Å². The molecule has 2 heteroatoms. The van der Waals surface area contributed by atoms with Gasteiger partial charge in [-0.1, -0.05) is 26.0 Å². The highest BCUT2D eigenvalue weighted by Crippen LogP contribution is 2.27. The summed E-state index contributed by atoms with van der Waals surface area (Å²) < 4.78 is 13.5. The van der Waals surface area contributed by atoms with Gasteiger partial charge in [0.25, 0.3) is 0 Å². The molecular formula is C11H16FN. The summed E-state index contributed by atoms with van der Waals surface area (Å²) in [5, 5.41) is 0. The Bertz CT molecular complexity index is 285. The van der Waals surface area contributed by atoms with Gasteiger partial charge < -0.3 is 5.73 Å². The molecule has 0 saturated carbocycles. The minimum absolute atomic E-state index is 0.157. The smallest absolute Gasteiger partial charge is 0.127 e. The third-order valence-corrected chi connectivity index (χ3v) is 2.41. The molecule has 1 aromatic carbocycles. The Hall–Kier alpha value is -0.890. The molecule has 1 nitrogen and oxygen atoms in total. The lowest BCUT2D eigenvalue weighted by Crippen LogP contribution is -2.30. The highest BCUT2D eigenvalue weighted by atomic mass is 19.1. The maximum absolute atomic E-state index is 13.5. The standard InChI is InChI=1S/C11H16FN/c1-8-5-4-6-9(12)10(8)11(2,3)7-13/h4-6H,7,13H2,1-3H3. The molecule has 0 spiro atoms. The molecule has 1 aromatic rings. The van der Waals surface area contributed by atoms with Crippen molar-refractivity contribution in [1.29, 1.82) is 0 Å². The van der Waals surface area contributed by atoms with Crippen LogP contribution in [-0.2, 0) is 5.41 Å². The van der Waals surface area contributed by atoms with Gasteiger partial charge in [0.2, 0.25) is 0 Å². The molecule has 0 aliphatic heterocycles. The van der Waals surface area contributed by atoms with E-state index in [-0.39, 0.29) is 11.2 Å². The normalized spacial score (nSPS) is 11.8. The fourth-order valence-electron chi connectivity index (χ4n) is 1.59. The van der Waals surface area contributed by atoms with E-state index in [4.69, 9.17) is 5.73 Å². The van der Waals surface area contributed by atoms with E-state index in [2.05, 4.69) is 0 Å². The second-order valence-electron chi connectivity index (χ2n) is 4.02. The molecule has 0 amide bonds. The van der Waals surface area contributed by atoms with E-state index in [1.165, 1.54) is 6.07 Å². The first-order chi connectivity index (χ1) is 5.99. The first kappa shape index (κ1) is 10.2. The van der Waals surface area contributed by atoms with Gasteiger partial charge in [-0.05, 0) is 24.1 Å². The summed E-state index contributed by atoms with van der Waals surface area (Å²) in [5.74, 6) is -0.157. The Morgan fingerprint density at radius 3 is 2.46 bits per heavy atom. The molecule has 0 unspecified atom stereocenters. The fourth-order valence-corrected chi connectivity index (χ4v) is 1.59. The third kappa shape index (κ3) is 1.89. The van der Waals surface area contributed by atoms with E-state index in [9.17, 15) is 4.39 Å². The van der Waals surface area contributed by atoms with Gasteiger partial charge in [0.15, 0.2) is 0 Å². The average molecular weight is 181 g/mol. The molecule has 0 aliphatic carbocycles. The zero-order valence-corrected chi connectivity index (χ0v) is 8.39. The summed E-state index contributed by atoms with van der Waals surface area (Å²) >= 11 is 0. The van der Waals surface area contributed by atoms with Crippen LogP contribution in [0.3, 0.4) is 0 Å². The Morgan fingerprint density at radius 2 is 2.00 bits per heavy atom. The average Bonchev–Trinajstić information content (AvgIpc) is 2.03. The van der Waals surface area contributed by atoms with Gasteiger partial charge in [-0.25, -0.2) is 4.39 Å². The van der Waals surface area contributed by atoms with Crippen molar-refractivity contribution < 1.29 is 4.39 Å². The molecule has 72 valence electrons. The number of benzene rings is 1. The van der Waals surface area contributed by atoms with E-state index in [0.717, 1.165) is 11.1 Å². The summed E-state index contributed by atoms with van der Waals surface area (Å²) in [6, 6.07) is 5.12. The maximum Gasteiger partial charge on any atom is 0.127 e. The quantitative estimate of drug-likeness (QED) is 0.744. The number of aryl methyl sites for hydroxylation is 1. The predicted octanol–water partition coefficient (Wildman–Crippen LogP) is 2.37. The van der Waals surface area contributed by atoms with Crippen molar-refractivity contribution in [1.82, 2.24) is 0 Å². The Balaban J connectivity index is 3.28. The van der Waals surface area contributed by atoms with Crippen molar-refractivity contribution in [3.05, 3.63) is 35.1 Å². The number of nitrogens with two attached hydrogens (primary N) is 1. The van der Waals surface area contributed by atoms with E-state index in [0.29, 0.717) is 6.54 Å². The van der Waals surface area contributed by atoms with E-state index in [1.807, 2.05) is 26.8 Å². The molecule has 1 rings (SSSR count). The number of hydrogen-bond acceptors (Lipinski definition) is 1. The summed E-state index contributed by atoms with van der Waals surface area (Å²) in [4.78, 5) is 0. The minimum atomic E-state index is -0.282. The predicted molar refractivity (Wildman–Crippen MR) is 53.2 cm³/mol. The van der Waals surface area contributed by atoms with Gasteiger partial charge in [-0.3, -0.25) is 0 Å². The molecule has 0 fully saturated rings. The highest BCUT2D eigenvalue weighted by Gasteiger charge is 2.23. The van der Waals surface area contributed by atoms with Gasteiger partial charge in [0.1, 0.15) is 5.82 Å². The molecule has 0 saturated heterocycles. The molecule has 0 aromatic heterocycles. The number of hydrogen-bond donors (Lipinski definition) is 1. The Labute approximate surface area is 78.8 Å². The molecule has 0 aliphatic rings. The molecule has 2 N–H and O–H groups in total. The second kappa shape index (κ2) is 3.46. The van der Waals surface area contributed by atoms with Crippen LogP contribution in [0.15, 0.2) is 18.2 Å². The summed E-state index contributed by atoms with van der Waals surface area (Å²) in [6.45, 7) is 6.28. The third-order valence-electron chi connectivity index (χ3n) is 2.41. The molecule has 0 heterocycles. The van der Waals surface area contributed by atoms with Crippen LogP contribution in [0.2, 0.25) is 0 Å². The van der Waals surface area contributed by atoms with Crippen LogP contribution in [-0.4, -0.2) is 6.54 Å². The topological polar surface area (TPSA) is 26.0 Å². The van der Waals surface area contributed by atoms with Crippen molar-refractivity contribution in [3.8, 4) is 0 Å². The van der Waals surface area contributed by atoms with Crippen molar-refractivity contribution in [2.75, 3.05) is 6.54 Å². The highest BCUT2D eigenvalue weighted by molar-refractivity contribution is 5.33. The van der Waals surface area contributed by atoms with Crippen LogP contribution >= 0.6 is 0 Å². The summed E-state index contributed by atoms with van der Waals surface area (Å²) in [7, 11) is 0.